The van der Waals surface area contributed by atoms with Gasteiger partial charge in [0.1, 0.15) is 23.3 Å². The Kier molecular flexibility index (Phi) is 7.44. The van der Waals surface area contributed by atoms with Crippen LogP contribution in [-0.4, -0.2) is 42.5 Å². The molecule has 1 fully saturated rings. The monoisotopic (exact) mass is 507 g/mol. The minimum Gasteiger partial charge on any atom is -0.493 e. The van der Waals surface area contributed by atoms with Crippen LogP contribution in [0.2, 0.25) is 0 Å². The number of carbonyl (C=O) groups excluding carboxylic acids is 1. The lowest BCUT2D eigenvalue weighted by atomic mass is 10.1. The van der Waals surface area contributed by atoms with E-state index in [1.165, 1.54) is 16.7 Å². The number of thiocarbonyl (C=S) groups is 1. The third kappa shape index (κ3) is 4.99. The number of ether oxygens (including phenoxy) is 3. The highest BCUT2D eigenvalue weighted by Crippen LogP contribution is 2.39. The van der Waals surface area contributed by atoms with Crippen molar-refractivity contribution >= 4 is 56.2 Å². The molecule has 0 saturated carbocycles. The number of rotatable bonds is 7. The molecular weight excluding hydrogens is 486 g/mol. The summed E-state index contributed by atoms with van der Waals surface area (Å²) in [5.41, 5.74) is 3.00. The first kappa shape index (κ1) is 22.7. The fourth-order valence-corrected chi connectivity index (χ4v) is 4.73. The van der Waals surface area contributed by atoms with E-state index in [2.05, 4.69) is 15.9 Å². The molecule has 30 heavy (non-hydrogen) atoms. The van der Waals surface area contributed by atoms with Gasteiger partial charge in [0.2, 0.25) is 0 Å². The number of benzene rings is 2. The number of nitrogens with zero attached hydrogens (tertiary/aromatic N) is 1. The number of halogens is 1. The molecule has 0 unspecified atom stereocenters. The second-order valence-corrected chi connectivity index (χ2v) is 9.22. The van der Waals surface area contributed by atoms with Crippen molar-refractivity contribution in [1.29, 1.82) is 0 Å². The van der Waals surface area contributed by atoms with Crippen molar-refractivity contribution in [3.05, 3.63) is 56.4 Å². The Morgan fingerprint density at radius 1 is 1.13 bits per heavy atom. The predicted molar refractivity (Wildman–Crippen MR) is 129 cm³/mol. The number of amides is 1. The number of aryl methyl sites for hydroxylation is 2. The minimum absolute atomic E-state index is 0.107. The number of thioether (sulfide) groups is 1. The molecule has 8 heteroatoms. The fourth-order valence-electron chi connectivity index (χ4n) is 2.97. The number of hydrogen-bond donors (Lipinski definition) is 0. The highest BCUT2D eigenvalue weighted by atomic mass is 79.9. The van der Waals surface area contributed by atoms with Crippen LogP contribution in [0.1, 0.15) is 16.7 Å². The molecule has 0 spiro atoms. The van der Waals surface area contributed by atoms with E-state index in [9.17, 15) is 4.79 Å². The van der Waals surface area contributed by atoms with Gasteiger partial charge in [0.15, 0.2) is 11.5 Å². The van der Waals surface area contributed by atoms with Crippen LogP contribution in [0.15, 0.2) is 39.7 Å². The van der Waals surface area contributed by atoms with Crippen molar-refractivity contribution in [2.75, 3.05) is 27.4 Å². The van der Waals surface area contributed by atoms with Gasteiger partial charge < -0.3 is 14.2 Å². The Balaban J connectivity index is 1.70. The maximum Gasteiger partial charge on any atom is 0.265 e. The van der Waals surface area contributed by atoms with Crippen LogP contribution in [0.4, 0.5) is 0 Å². The minimum atomic E-state index is -0.107. The van der Waals surface area contributed by atoms with E-state index in [0.717, 1.165) is 26.9 Å². The smallest absolute Gasteiger partial charge is 0.265 e. The Labute approximate surface area is 194 Å². The van der Waals surface area contributed by atoms with Gasteiger partial charge in [-0.15, -0.1) is 0 Å². The van der Waals surface area contributed by atoms with E-state index in [-0.39, 0.29) is 5.91 Å². The van der Waals surface area contributed by atoms with E-state index in [0.29, 0.717) is 33.9 Å². The summed E-state index contributed by atoms with van der Waals surface area (Å²) >= 11 is 10.0. The van der Waals surface area contributed by atoms with Crippen LogP contribution in [0, 0.1) is 13.8 Å². The second kappa shape index (κ2) is 9.85. The van der Waals surface area contributed by atoms with Crippen LogP contribution in [0.5, 0.6) is 17.2 Å². The summed E-state index contributed by atoms with van der Waals surface area (Å²) in [7, 11) is 3.25. The summed E-state index contributed by atoms with van der Waals surface area (Å²) in [6.45, 7) is 4.81. The van der Waals surface area contributed by atoms with E-state index < -0.39 is 0 Å². The number of para-hydroxylation sites is 1. The Hall–Kier alpha value is -2.03. The van der Waals surface area contributed by atoms with Crippen molar-refractivity contribution in [1.82, 2.24) is 4.90 Å². The first-order valence-corrected chi connectivity index (χ1v) is 11.2. The predicted octanol–water partition coefficient (Wildman–Crippen LogP) is 5.36. The van der Waals surface area contributed by atoms with Gasteiger partial charge in [-0.3, -0.25) is 9.69 Å². The highest BCUT2D eigenvalue weighted by molar-refractivity contribution is 9.10. The summed E-state index contributed by atoms with van der Waals surface area (Å²) in [6.07, 6.45) is 1.80. The molecule has 1 heterocycles. The summed E-state index contributed by atoms with van der Waals surface area (Å²) in [5, 5.41) is 0. The van der Waals surface area contributed by atoms with E-state index in [1.807, 2.05) is 44.2 Å². The Bertz CT molecular complexity index is 1000. The Morgan fingerprint density at radius 3 is 2.33 bits per heavy atom. The highest BCUT2D eigenvalue weighted by Gasteiger charge is 2.28. The molecule has 1 aliphatic rings. The average Bonchev–Trinajstić information content (AvgIpc) is 2.94. The summed E-state index contributed by atoms with van der Waals surface area (Å²) < 4.78 is 18.6. The molecular formula is C22H22BrNO4S2. The lowest BCUT2D eigenvalue weighted by molar-refractivity contribution is -0.121. The number of methoxy groups -OCH3 is 1. The van der Waals surface area contributed by atoms with Gasteiger partial charge >= 0.3 is 0 Å². The molecule has 3 rings (SSSR count). The molecule has 0 radical (unpaired) electrons. The van der Waals surface area contributed by atoms with E-state index >= 15 is 0 Å². The average molecular weight is 508 g/mol. The molecule has 2 aromatic rings. The first-order chi connectivity index (χ1) is 14.3. The van der Waals surface area contributed by atoms with Crippen LogP contribution in [0.25, 0.3) is 6.08 Å². The maximum absolute atomic E-state index is 12.2. The summed E-state index contributed by atoms with van der Waals surface area (Å²) in [4.78, 5) is 14.3. The number of hydrogen-bond acceptors (Lipinski definition) is 6. The largest absolute Gasteiger partial charge is 0.493 e. The SMILES string of the molecule is COc1cc(/C=C2/SC(=S)N(C)C2=O)cc(Br)c1OCCOc1c(C)cccc1C. The molecule has 0 atom stereocenters. The van der Waals surface area contributed by atoms with Crippen molar-refractivity contribution in [3.63, 3.8) is 0 Å². The molecule has 1 saturated heterocycles. The van der Waals surface area contributed by atoms with E-state index in [1.54, 1.807) is 20.2 Å². The maximum atomic E-state index is 12.2. The lowest BCUT2D eigenvalue weighted by Crippen LogP contribution is -2.22. The molecule has 5 nitrogen and oxygen atoms in total. The molecule has 0 aromatic heterocycles. The topological polar surface area (TPSA) is 48.0 Å². The van der Waals surface area contributed by atoms with Gasteiger partial charge in [0.05, 0.1) is 16.5 Å². The zero-order valence-corrected chi connectivity index (χ0v) is 20.4. The van der Waals surface area contributed by atoms with Gasteiger partial charge in [-0.1, -0.05) is 42.2 Å². The Morgan fingerprint density at radius 2 is 1.77 bits per heavy atom. The van der Waals surface area contributed by atoms with Gasteiger partial charge in [-0.2, -0.15) is 0 Å². The van der Waals surface area contributed by atoms with Gasteiger partial charge in [0, 0.05) is 7.05 Å². The molecule has 1 amide bonds. The van der Waals surface area contributed by atoms with E-state index in [4.69, 9.17) is 26.4 Å². The zero-order valence-electron chi connectivity index (χ0n) is 17.2. The molecule has 0 aliphatic carbocycles. The fraction of sp³-hybridized carbons (Fsp3) is 0.273. The van der Waals surface area contributed by atoms with Crippen molar-refractivity contribution in [3.8, 4) is 17.2 Å². The molecule has 0 bridgehead atoms. The lowest BCUT2D eigenvalue weighted by Gasteiger charge is -2.15. The van der Waals surface area contributed by atoms with Gasteiger partial charge in [0.25, 0.3) is 5.91 Å². The molecule has 158 valence electrons. The van der Waals surface area contributed by atoms with Crippen LogP contribution in [0.3, 0.4) is 0 Å². The summed E-state index contributed by atoms with van der Waals surface area (Å²) in [6, 6.07) is 9.76. The summed E-state index contributed by atoms with van der Waals surface area (Å²) in [5.74, 6) is 1.93. The van der Waals surface area contributed by atoms with Crippen LogP contribution < -0.4 is 14.2 Å². The molecule has 0 N–H and O–H groups in total. The van der Waals surface area contributed by atoms with Crippen LogP contribution >= 0.6 is 39.9 Å². The standard InChI is InChI=1S/C22H22BrNO4S2/c1-13-6-5-7-14(2)19(13)27-8-9-28-20-16(23)10-15(11-17(20)26-4)12-18-21(25)24(3)22(29)30-18/h5-7,10-12H,8-9H2,1-4H3/b18-12+. The molecule has 1 aliphatic heterocycles. The van der Waals surface area contributed by atoms with Crippen LogP contribution in [-0.2, 0) is 4.79 Å². The first-order valence-electron chi connectivity index (χ1n) is 9.22. The number of carbonyl (C=O) groups is 1. The van der Waals surface area contributed by atoms with Crippen molar-refractivity contribution in [2.24, 2.45) is 0 Å². The normalized spacial score (nSPS) is 15.1. The zero-order chi connectivity index (χ0) is 21.8. The van der Waals surface area contributed by atoms with Crippen molar-refractivity contribution < 1.29 is 19.0 Å². The third-order valence-electron chi connectivity index (χ3n) is 4.52. The third-order valence-corrected chi connectivity index (χ3v) is 6.59. The van der Waals surface area contributed by atoms with Gasteiger partial charge in [-0.05, 0) is 64.7 Å². The second-order valence-electron chi connectivity index (χ2n) is 6.69. The number of likely N-dealkylation sites (N-methyl/N-ethyl adjacent to an activating group) is 1. The van der Waals surface area contributed by atoms with Gasteiger partial charge in [-0.25, -0.2) is 0 Å². The quantitative estimate of drug-likeness (QED) is 0.285. The molecule has 2 aromatic carbocycles. The van der Waals surface area contributed by atoms with Crippen molar-refractivity contribution in [2.45, 2.75) is 13.8 Å².